The molecule has 1 rings (SSSR count). The van der Waals surface area contributed by atoms with Gasteiger partial charge in [-0.25, -0.2) is 0 Å². The van der Waals surface area contributed by atoms with Crippen LogP contribution < -0.4 is 0 Å². The second-order valence-electron chi connectivity index (χ2n) is 6.93. The quantitative estimate of drug-likeness (QED) is 0.443. The van der Waals surface area contributed by atoms with Crippen LogP contribution in [0.4, 0.5) is 0 Å². The van der Waals surface area contributed by atoms with E-state index in [1.165, 1.54) is 0 Å². The van der Waals surface area contributed by atoms with Crippen molar-refractivity contribution in [3.8, 4) is 0 Å². The molecule has 0 radical (unpaired) electrons. The van der Waals surface area contributed by atoms with Crippen molar-refractivity contribution in [2.45, 2.75) is 83.9 Å². The molecular formula is C20H40O6. The molecule has 6 heteroatoms. The van der Waals surface area contributed by atoms with E-state index in [0.29, 0.717) is 26.4 Å². The molecule has 26 heavy (non-hydrogen) atoms. The van der Waals surface area contributed by atoms with Crippen molar-refractivity contribution in [2.24, 2.45) is 5.92 Å². The lowest BCUT2D eigenvalue weighted by Crippen LogP contribution is -2.59. The number of unbranched alkanes of at least 4 members (excludes halogenated alkanes) is 3. The summed E-state index contributed by atoms with van der Waals surface area (Å²) in [5, 5.41) is 10.1. The van der Waals surface area contributed by atoms with Crippen LogP contribution in [0.2, 0.25) is 0 Å². The minimum absolute atomic E-state index is 0.0255. The van der Waals surface area contributed by atoms with E-state index in [1.807, 2.05) is 0 Å². The van der Waals surface area contributed by atoms with Crippen molar-refractivity contribution in [3.63, 3.8) is 0 Å². The lowest BCUT2D eigenvalue weighted by Gasteiger charge is -2.45. The maximum absolute atomic E-state index is 10.1. The molecule has 1 heterocycles. The number of ether oxygens (including phenoxy) is 5. The first-order chi connectivity index (χ1) is 12.7. The van der Waals surface area contributed by atoms with Crippen molar-refractivity contribution in [1.82, 2.24) is 0 Å². The number of hydrogen-bond acceptors (Lipinski definition) is 6. The molecule has 5 atom stereocenters. The average Bonchev–Trinajstić information content (AvgIpc) is 2.66. The predicted molar refractivity (Wildman–Crippen MR) is 101 cm³/mol. The lowest BCUT2D eigenvalue weighted by molar-refractivity contribution is -0.304. The molecule has 1 saturated heterocycles. The first-order valence-corrected chi connectivity index (χ1v) is 10.3. The van der Waals surface area contributed by atoms with Gasteiger partial charge in [0.25, 0.3) is 0 Å². The Morgan fingerprint density at radius 2 is 1.42 bits per heavy atom. The number of rotatable bonds is 15. The normalized spacial score (nSPS) is 29.2. The van der Waals surface area contributed by atoms with Gasteiger partial charge >= 0.3 is 0 Å². The summed E-state index contributed by atoms with van der Waals surface area (Å²) in [5.41, 5.74) is 0. The molecule has 0 amide bonds. The van der Waals surface area contributed by atoms with Crippen molar-refractivity contribution < 1.29 is 28.8 Å². The van der Waals surface area contributed by atoms with Crippen LogP contribution in [0.5, 0.6) is 0 Å². The summed E-state index contributed by atoms with van der Waals surface area (Å²) in [4.78, 5) is 0. The second-order valence-corrected chi connectivity index (χ2v) is 6.93. The Balaban J connectivity index is 2.79. The standard InChI is InChI=1S/C20H40O6/c1-5-8-11-23-15-17-18(24-12-9-6-2)16(14-21)19(20(22-4)26-17)25-13-10-7-3/h16-21H,5-15H2,1-4H3/t16?,17?,18-,19+,20-/m1/s1. The van der Waals surface area contributed by atoms with Gasteiger partial charge in [-0.3, -0.25) is 0 Å². The maximum atomic E-state index is 10.1. The van der Waals surface area contributed by atoms with E-state index in [1.54, 1.807) is 7.11 Å². The molecule has 0 aliphatic carbocycles. The molecule has 1 fully saturated rings. The van der Waals surface area contributed by atoms with Crippen LogP contribution in [0.25, 0.3) is 0 Å². The summed E-state index contributed by atoms with van der Waals surface area (Å²) in [6.45, 7) is 8.78. The largest absolute Gasteiger partial charge is 0.396 e. The van der Waals surface area contributed by atoms with E-state index in [0.717, 1.165) is 38.5 Å². The van der Waals surface area contributed by atoms with Gasteiger partial charge in [-0.15, -0.1) is 0 Å². The minimum atomic E-state index is -0.519. The fraction of sp³-hybridized carbons (Fsp3) is 1.00. The van der Waals surface area contributed by atoms with E-state index in [9.17, 15) is 5.11 Å². The molecule has 6 nitrogen and oxygen atoms in total. The highest BCUT2D eigenvalue weighted by Gasteiger charge is 2.47. The molecule has 0 aromatic heterocycles. The Morgan fingerprint density at radius 3 is 1.96 bits per heavy atom. The van der Waals surface area contributed by atoms with Crippen LogP contribution in [0, 0.1) is 5.92 Å². The molecule has 0 spiro atoms. The summed E-state index contributed by atoms with van der Waals surface area (Å²) in [7, 11) is 1.61. The zero-order chi connectivity index (χ0) is 19.2. The van der Waals surface area contributed by atoms with Crippen LogP contribution in [-0.4, -0.2) is 69.9 Å². The molecule has 0 aromatic carbocycles. The molecule has 1 N–H and O–H groups in total. The van der Waals surface area contributed by atoms with E-state index in [-0.39, 0.29) is 30.8 Å². The van der Waals surface area contributed by atoms with Crippen molar-refractivity contribution in [2.75, 3.05) is 40.1 Å². The summed E-state index contributed by atoms with van der Waals surface area (Å²) >= 11 is 0. The van der Waals surface area contributed by atoms with Crippen LogP contribution in [0.15, 0.2) is 0 Å². The van der Waals surface area contributed by atoms with Crippen molar-refractivity contribution in [1.29, 1.82) is 0 Å². The van der Waals surface area contributed by atoms with Gasteiger partial charge in [0.1, 0.15) is 12.2 Å². The summed E-state index contributed by atoms with van der Waals surface area (Å²) in [5.74, 6) is -0.192. The first kappa shape index (κ1) is 23.8. The Morgan fingerprint density at radius 1 is 0.846 bits per heavy atom. The zero-order valence-electron chi connectivity index (χ0n) is 17.2. The average molecular weight is 377 g/mol. The molecule has 1 aliphatic heterocycles. The monoisotopic (exact) mass is 376 g/mol. The zero-order valence-corrected chi connectivity index (χ0v) is 17.2. The SMILES string of the molecule is CCCCOCC1O[C@@H](OC)[C@@H](OCCCC)C(CO)[C@H]1OCCCC. The number of hydrogen-bond donors (Lipinski definition) is 1. The molecule has 156 valence electrons. The third-order valence-electron chi connectivity index (χ3n) is 4.77. The lowest BCUT2D eigenvalue weighted by atomic mass is 9.89. The van der Waals surface area contributed by atoms with Gasteiger partial charge in [0.15, 0.2) is 6.29 Å². The van der Waals surface area contributed by atoms with Crippen LogP contribution in [0.3, 0.4) is 0 Å². The Kier molecular flexibility index (Phi) is 13.5. The Hall–Kier alpha value is -0.240. The van der Waals surface area contributed by atoms with Crippen molar-refractivity contribution >= 4 is 0 Å². The molecule has 0 aromatic rings. The van der Waals surface area contributed by atoms with Crippen LogP contribution in [-0.2, 0) is 23.7 Å². The first-order valence-electron chi connectivity index (χ1n) is 10.3. The summed E-state index contributed by atoms with van der Waals surface area (Å²) < 4.78 is 29.6. The predicted octanol–water partition coefficient (Wildman–Crippen LogP) is 3.15. The van der Waals surface area contributed by atoms with Gasteiger partial charge in [0, 0.05) is 32.8 Å². The van der Waals surface area contributed by atoms with E-state index >= 15 is 0 Å². The highest BCUT2D eigenvalue weighted by Crippen LogP contribution is 2.31. The van der Waals surface area contributed by atoms with Gasteiger partial charge < -0.3 is 28.8 Å². The molecular weight excluding hydrogens is 336 g/mol. The Labute approximate surface area is 159 Å². The highest BCUT2D eigenvalue weighted by molar-refractivity contribution is 4.91. The van der Waals surface area contributed by atoms with Crippen LogP contribution in [0.1, 0.15) is 59.3 Å². The fourth-order valence-corrected chi connectivity index (χ4v) is 3.13. The van der Waals surface area contributed by atoms with Crippen molar-refractivity contribution in [3.05, 3.63) is 0 Å². The van der Waals surface area contributed by atoms with E-state index in [4.69, 9.17) is 23.7 Å². The van der Waals surface area contributed by atoms with E-state index in [2.05, 4.69) is 20.8 Å². The second kappa shape index (κ2) is 14.8. The number of aliphatic hydroxyl groups excluding tert-OH is 1. The van der Waals surface area contributed by atoms with Gasteiger partial charge in [0.2, 0.25) is 0 Å². The smallest absolute Gasteiger partial charge is 0.184 e. The summed E-state index contributed by atoms with van der Waals surface area (Å²) in [6, 6.07) is 0. The van der Waals surface area contributed by atoms with Gasteiger partial charge in [-0.2, -0.15) is 0 Å². The maximum Gasteiger partial charge on any atom is 0.184 e. The molecule has 2 unspecified atom stereocenters. The molecule has 0 saturated carbocycles. The van der Waals surface area contributed by atoms with Crippen LogP contribution >= 0.6 is 0 Å². The number of methoxy groups -OCH3 is 1. The van der Waals surface area contributed by atoms with Gasteiger partial charge in [-0.1, -0.05) is 40.0 Å². The molecule has 0 bridgehead atoms. The minimum Gasteiger partial charge on any atom is -0.396 e. The topological polar surface area (TPSA) is 66.4 Å². The van der Waals surface area contributed by atoms with E-state index < -0.39 is 6.29 Å². The Bertz CT molecular complexity index is 327. The molecule has 1 aliphatic rings. The van der Waals surface area contributed by atoms with Gasteiger partial charge in [-0.05, 0) is 19.3 Å². The van der Waals surface area contributed by atoms with Gasteiger partial charge in [0.05, 0.1) is 19.3 Å². The third-order valence-corrected chi connectivity index (χ3v) is 4.77. The number of aliphatic hydroxyl groups is 1. The summed E-state index contributed by atoms with van der Waals surface area (Å²) in [6.07, 6.45) is 4.80. The highest BCUT2D eigenvalue weighted by atomic mass is 16.7. The fourth-order valence-electron chi connectivity index (χ4n) is 3.13. The third kappa shape index (κ3) is 7.79.